The predicted molar refractivity (Wildman–Crippen MR) is 102 cm³/mol. The summed E-state index contributed by atoms with van der Waals surface area (Å²) in [5.41, 5.74) is 0.870. The molecule has 0 N–H and O–H groups in total. The third-order valence-corrected chi connectivity index (χ3v) is 6.88. The van der Waals surface area contributed by atoms with Crippen LogP contribution in [0.3, 0.4) is 0 Å². The van der Waals surface area contributed by atoms with Crippen molar-refractivity contribution in [2.24, 2.45) is 4.99 Å². The number of thiophene rings is 1. The van der Waals surface area contributed by atoms with Gasteiger partial charge in [-0.2, -0.15) is 4.99 Å². The molecule has 1 aromatic carbocycles. The first-order chi connectivity index (χ1) is 11.8. The number of benzene rings is 1. The molecule has 0 saturated carbocycles. The molecule has 0 unspecified atom stereocenters. The summed E-state index contributed by atoms with van der Waals surface area (Å²) in [5, 5.41) is 0. The number of fused-ring (bicyclic) bond motifs is 1. The summed E-state index contributed by atoms with van der Waals surface area (Å²) in [7, 11) is -3.29. The minimum atomic E-state index is -3.29. The molecule has 0 radical (unpaired) electrons. The minimum absolute atomic E-state index is 0.257. The molecule has 25 heavy (non-hydrogen) atoms. The highest BCUT2D eigenvalue weighted by molar-refractivity contribution is 7.90. The van der Waals surface area contributed by atoms with E-state index in [-0.39, 0.29) is 10.8 Å². The molecular formula is C16H15ClN2O3S3. The lowest BCUT2D eigenvalue weighted by molar-refractivity contribution is 0.100. The number of thiazole rings is 1. The summed E-state index contributed by atoms with van der Waals surface area (Å²) in [4.78, 5) is 17.9. The second kappa shape index (κ2) is 7.03. The average molecular weight is 415 g/mol. The molecule has 2 aromatic heterocycles. The van der Waals surface area contributed by atoms with Gasteiger partial charge in [0.15, 0.2) is 14.6 Å². The van der Waals surface area contributed by atoms with E-state index in [9.17, 15) is 13.2 Å². The fourth-order valence-electron chi connectivity index (χ4n) is 2.38. The number of carbonyl (C=O) groups is 1. The summed E-state index contributed by atoms with van der Waals surface area (Å²) in [6.45, 7) is 2.72. The molecule has 9 heteroatoms. The third-order valence-electron chi connectivity index (χ3n) is 3.51. The maximum atomic E-state index is 12.4. The maximum Gasteiger partial charge on any atom is 0.289 e. The van der Waals surface area contributed by atoms with E-state index >= 15 is 0 Å². The number of sulfone groups is 1. The number of halogens is 1. The van der Waals surface area contributed by atoms with Crippen LogP contribution in [0.5, 0.6) is 0 Å². The summed E-state index contributed by atoms with van der Waals surface area (Å²) in [5.74, 6) is -0.350. The van der Waals surface area contributed by atoms with Gasteiger partial charge >= 0.3 is 0 Å². The van der Waals surface area contributed by atoms with Gasteiger partial charge in [-0.3, -0.25) is 4.79 Å². The van der Waals surface area contributed by atoms with Gasteiger partial charge in [-0.15, -0.1) is 11.3 Å². The summed E-state index contributed by atoms with van der Waals surface area (Å²) >= 11 is 8.37. The number of aryl methyl sites for hydroxylation is 1. The van der Waals surface area contributed by atoms with Crippen LogP contribution in [0.25, 0.3) is 10.2 Å². The number of amides is 1. The summed E-state index contributed by atoms with van der Waals surface area (Å²) in [6, 6.07) is 8.30. The van der Waals surface area contributed by atoms with Gasteiger partial charge in [0.1, 0.15) is 0 Å². The van der Waals surface area contributed by atoms with Crippen LogP contribution >= 0.6 is 34.3 Å². The molecule has 0 spiro atoms. The lowest BCUT2D eigenvalue weighted by atomic mass is 10.3. The maximum absolute atomic E-state index is 12.4. The van der Waals surface area contributed by atoms with Gasteiger partial charge in [-0.1, -0.05) is 29.9 Å². The fourth-order valence-corrected chi connectivity index (χ4v) is 5.12. The summed E-state index contributed by atoms with van der Waals surface area (Å²) in [6.07, 6.45) is 2.04. The van der Waals surface area contributed by atoms with Crippen molar-refractivity contribution >= 4 is 60.2 Å². The standard InChI is InChI=1S/C16H15ClN2O3S3/c1-3-8-19-11-5-4-10(25(2,21)22)9-13(11)24-16(19)18-15(20)12-6-7-14(17)23-12/h4-7,9H,3,8H2,1-2H3. The van der Waals surface area contributed by atoms with Gasteiger partial charge in [-0.25, -0.2) is 8.42 Å². The normalized spacial score (nSPS) is 12.8. The van der Waals surface area contributed by atoms with Crippen LogP contribution in [0.2, 0.25) is 4.34 Å². The molecular weight excluding hydrogens is 400 g/mol. The zero-order chi connectivity index (χ0) is 18.2. The lowest BCUT2D eigenvalue weighted by Crippen LogP contribution is -2.16. The molecule has 0 aliphatic heterocycles. The predicted octanol–water partition coefficient (Wildman–Crippen LogP) is 3.97. The number of hydrogen-bond acceptors (Lipinski definition) is 5. The summed E-state index contributed by atoms with van der Waals surface area (Å²) < 4.78 is 26.8. The first-order valence-electron chi connectivity index (χ1n) is 7.47. The van der Waals surface area contributed by atoms with E-state index < -0.39 is 9.84 Å². The van der Waals surface area contributed by atoms with Crippen LogP contribution in [0, 0.1) is 0 Å². The Hall–Kier alpha value is -1.48. The highest BCUT2D eigenvalue weighted by Gasteiger charge is 2.13. The van der Waals surface area contributed by atoms with Crippen molar-refractivity contribution in [2.75, 3.05) is 6.26 Å². The first kappa shape index (κ1) is 18.3. The molecule has 5 nitrogen and oxygen atoms in total. The van der Waals surface area contributed by atoms with Crippen molar-refractivity contribution in [3.8, 4) is 0 Å². The molecule has 0 atom stereocenters. The first-order valence-corrected chi connectivity index (χ1v) is 11.4. The van der Waals surface area contributed by atoms with Crippen LogP contribution in [-0.2, 0) is 16.4 Å². The molecule has 3 aromatic rings. The van der Waals surface area contributed by atoms with Gasteiger partial charge in [-0.05, 0) is 36.8 Å². The Balaban J connectivity index is 2.18. The van der Waals surface area contributed by atoms with Gasteiger partial charge in [0.25, 0.3) is 5.91 Å². The van der Waals surface area contributed by atoms with E-state index in [4.69, 9.17) is 11.6 Å². The number of hydrogen-bond donors (Lipinski definition) is 0. The Morgan fingerprint density at radius 2 is 2.00 bits per heavy atom. The fraction of sp³-hybridized carbons (Fsp3) is 0.250. The zero-order valence-electron chi connectivity index (χ0n) is 13.5. The van der Waals surface area contributed by atoms with E-state index in [0.717, 1.165) is 16.6 Å². The van der Waals surface area contributed by atoms with E-state index in [2.05, 4.69) is 4.99 Å². The second-order valence-electron chi connectivity index (χ2n) is 5.46. The van der Waals surface area contributed by atoms with Crippen LogP contribution in [0.15, 0.2) is 40.2 Å². The Kier molecular flexibility index (Phi) is 5.15. The zero-order valence-corrected chi connectivity index (χ0v) is 16.7. The molecule has 132 valence electrons. The second-order valence-corrected chi connectivity index (χ2v) is 10.2. The number of carbonyl (C=O) groups excluding carboxylic acids is 1. The van der Waals surface area contributed by atoms with Crippen LogP contribution in [0.1, 0.15) is 23.0 Å². The van der Waals surface area contributed by atoms with Crippen molar-refractivity contribution < 1.29 is 13.2 Å². The average Bonchev–Trinajstić information content (AvgIpc) is 3.11. The van der Waals surface area contributed by atoms with Crippen molar-refractivity contribution in [3.63, 3.8) is 0 Å². The van der Waals surface area contributed by atoms with Gasteiger partial charge in [0, 0.05) is 12.8 Å². The van der Waals surface area contributed by atoms with E-state index in [0.29, 0.717) is 20.6 Å². The van der Waals surface area contributed by atoms with Crippen LogP contribution < -0.4 is 4.80 Å². The van der Waals surface area contributed by atoms with E-state index in [1.165, 1.54) is 28.9 Å². The van der Waals surface area contributed by atoms with Gasteiger partial charge in [0.05, 0.1) is 24.3 Å². The van der Waals surface area contributed by atoms with Crippen LogP contribution in [0.4, 0.5) is 0 Å². The lowest BCUT2D eigenvalue weighted by Gasteiger charge is -2.03. The monoisotopic (exact) mass is 414 g/mol. The molecule has 0 saturated heterocycles. The Bertz CT molecular complexity index is 1120. The molecule has 3 rings (SSSR count). The molecule has 0 bridgehead atoms. The van der Waals surface area contributed by atoms with Gasteiger partial charge < -0.3 is 4.57 Å². The highest BCUT2D eigenvalue weighted by atomic mass is 35.5. The number of aromatic nitrogens is 1. The largest absolute Gasteiger partial charge is 0.316 e. The Morgan fingerprint density at radius 1 is 1.24 bits per heavy atom. The van der Waals surface area contributed by atoms with Gasteiger partial charge in [0.2, 0.25) is 0 Å². The van der Waals surface area contributed by atoms with Crippen molar-refractivity contribution in [2.45, 2.75) is 24.8 Å². The van der Waals surface area contributed by atoms with E-state index in [1.54, 1.807) is 30.3 Å². The molecule has 0 aliphatic rings. The smallest absolute Gasteiger partial charge is 0.289 e. The molecule has 0 aliphatic carbocycles. The molecule has 1 amide bonds. The van der Waals surface area contributed by atoms with Crippen molar-refractivity contribution in [1.29, 1.82) is 0 Å². The van der Waals surface area contributed by atoms with Crippen LogP contribution in [-0.4, -0.2) is 25.1 Å². The Morgan fingerprint density at radius 3 is 2.60 bits per heavy atom. The third kappa shape index (κ3) is 3.87. The van der Waals surface area contributed by atoms with Crippen molar-refractivity contribution in [1.82, 2.24) is 4.57 Å². The minimum Gasteiger partial charge on any atom is -0.316 e. The quantitative estimate of drug-likeness (QED) is 0.648. The molecule has 0 fully saturated rings. The topological polar surface area (TPSA) is 68.5 Å². The molecule has 2 heterocycles. The SMILES string of the molecule is CCCn1c(=NC(=O)c2ccc(Cl)s2)sc2cc(S(C)(=O)=O)ccc21. The highest BCUT2D eigenvalue weighted by Crippen LogP contribution is 2.24. The number of nitrogens with zero attached hydrogens (tertiary/aromatic N) is 2. The van der Waals surface area contributed by atoms with E-state index in [1.807, 2.05) is 11.5 Å². The number of rotatable bonds is 4. The van der Waals surface area contributed by atoms with Crippen molar-refractivity contribution in [3.05, 3.63) is 44.3 Å². The Labute approximate surface area is 158 Å².